The van der Waals surface area contributed by atoms with Crippen LogP contribution < -0.4 is 15.8 Å². The minimum atomic E-state index is -3.92. The Morgan fingerprint density at radius 2 is 2.10 bits per heavy atom. The van der Waals surface area contributed by atoms with Crippen molar-refractivity contribution in [3.63, 3.8) is 0 Å². The van der Waals surface area contributed by atoms with Crippen molar-refractivity contribution >= 4 is 27.7 Å². The molecule has 31 heavy (non-hydrogen) atoms. The lowest BCUT2D eigenvalue weighted by atomic mass is 9.96. The standard InChI is InChI=1S/C18H24N6O6S/c1-11(16(19)25)21-17(26)13-8-12(22-31(28,29)15-9-23(2)10-20-15)5-6-24(13)18(27)14-4-3-7-30-14/h3-4,7,9-13,22H,5-6,8H2,1-2H3,(H2,19,25)(H,21,26)/t11-,12+,13-/m1/s1. The van der Waals surface area contributed by atoms with E-state index in [-0.39, 0.29) is 30.2 Å². The number of nitrogens with two attached hydrogens (primary N) is 1. The summed E-state index contributed by atoms with van der Waals surface area (Å²) in [5, 5.41) is 2.32. The number of nitrogens with one attached hydrogen (secondary N) is 2. The molecule has 0 unspecified atom stereocenters. The molecule has 1 aliphatic heterocycles. The number of aromatic nitrogens is 2. The van der Waals surface area contributed by atoms with E-state index in [1.54, 1.807) is 13.1 Å². The van der Waals surface area contributed by atoms with E-state index < -0.39 is 45.9 Å². The monoisotopic (exact) mass is 452 g/mol. The summed E-state index contributed by atoms with van der Waals surface area (Å²) in [6.45, 7) is 1.51. The van der Waals surface area contributed by atoms with Crippen LogP contribution in [0.4, 0.5) is 0 Å². The number of carbonyl (C=O) groups excluding carboxylic acids is 3. The molecule has 1 fully saturated rings. The third kappa shape index (κ3) is 5.11. The molecule has 4 N–H and O–H groups in total. The molecule has 3 amide bonds. The molecule has 0 radical (unpaired) electrons. The van der Waals surface area contributed by atoms with Crippen molar-refractivity contribution in [3.8, 4) is 0 Å². The number of primary amides is 1. The Hall–Kier alpha value is -3.19. The highest BCUT2D eigenvalue weighted by molar-refractivity contribution is 7.89. The fraction of sp³-hybridized carbons (Fsp3) is 0.444. The average Bonchev–Trinajstić information content (AvgIpc) is 3.39. The van der Waals surface area contributed by atoms with Gasteiger partial charge >= 0.3 is 0 Å². The molecule has 0 bridgehead atoms. The van der Waals surface area contributed by atoms with Crippen LogP contribution in [0.25, 0.3) is 0 Å². The van der Waals surface area contributed by atoms with E-state index in [1.807, 2.05) is 0 Å². The van der Waals surface area contributed by atoms with E-state index in [0.717, 1.165) is 0 Å². The summed E-state index contributed by atoms with van der Waals surface area (Å²) in [5.41, 5.74) is 5.21. The molecule has 1 saturated heterocycles. The molecular formula is C18H24N6O6S. The molecule has 2 aromatic heterocycles. The van der Waals surface area contributed by atoms with Crippen LogP contribution in [0, 0.1) is 0 Å². The lowest BCUT2D eigenvalue weighted by Gasteiger charge is -2.38. The van der Waals surface area contributed by atoms with Gasteiger partial charge in [-0.05, 0) is 31.9 Å². The first-order chi connectivity index (χ1) is 14.6. The van der Waals surface area contributed by atoms with Crippen LogP contribution in [0.1, 0.15) is 30.3 Å². The van der Waals surface area contributed by atoms with Gasteiger partial charge in [0, 0.05) is 25.8 Å². The number of sulfonamides is 1. The van der Waals surface area contributed by atoms with Gasteiger partial charge in [0.25, 0.3) is 15.9 Å². The Kier molecular flexibility index (Phi) is 6.45. The van der Waals surface area contributed by atoms with Gasteiger partial charge in [0.2, 0.25) is 11.8 Å². The summed E-state index contributed by atoms with van der Waals surface area (Å²) < 4.78 is 34.4. The quantitative estimate of drug-likeness (QED) is 0.481. The highest BCUT2D eigenvalue weighted by Crippen LogP contribution is 2.22. The number of furan rings is 1. The maximum Gasteiger partial charge on any atom is 0.290 e. The van der Waals surface area contributed by atoms with E-state index >= 15 is 0 Å². The number of hydrogen-bond acceptors (Lipinski definition) is 7. The number of likely N-dealkylation sites (tertiary alicyclic amines) is 1. The molecule has 2 aromatic rings. The molecule has 13 heteroatoms. The van der Waals surface area contributed by atoms with E-state index in [4.69, 9.17) is 10.2 Å². The first kappa shape index (κ1) is 22.5. The van der Waals surface area contributed by atoms with Gasteiger partial charge in [-0.2, -0.15) is 0 Å². The van der Waals surface area contributed by atoms with E-state index in [9.17, 15) is 22.8 Å². The molecule has 0 aromatic carbocycles. The third-order valence-electron chi connectivity index (χ3n) is 4.96. The Morgan fingerprint density at radius 3 is 2.68 bits per heavy atom. The minimum Gasteiger partial charge on any atom is -0.459 e. The van der Waals surface area contributed by atoms with Crippen LogP contribution in [0.3, 0.4) is 0 Å². The van der Waals surface area contributed by atoms with Crippen molar-refractivity contribution in [2.45, 2.75) is 42.9 Å². The highest BCUT2D eigenvalue weighted by atomic mass is 32.2. The minimum absolute atomic E-state index is 0.00414. The smallest absolute Gasteiger partial charge is 0.290 e. The van der Waals surface area contributed by atoms with Gasteiger partial charge in [0.1, 0.15) is 12.1 Å². The number of carbonyl (C=O) groups is 3. The Bertz CT molecular complexity index is 1060. The first-order valence-corrected chi connectivity index (χ1v) is 11.0. The number of piperidine rings is 1. The second-order valence-corrected chi connectivity index (χ2v) is 9.01. The SMILES string of the molecule is C[C@@H](NC(=O)[C@H]1C[C@@H](NS(=O)(=O)c2cn(C)cn2)CCN1C(=O)c1ccco1)C(N)=O. The number of rotatable bonds is 7. The summed E-state index contributed by atoms with van der Waals surface area (Å²) in [6, 6.07) is 0.389. The van der Waals surface area contributed by atoms with Crippen molar-refractivity contribution in [1.82, 2.24) is 24.5 Å². The molecule has 168 valence electrons. The van der Waals surface area contributed by atoms with Crippen LogP contribution in [0.15, 0.2) is 40.4 Å². The summed E-state index contributed by atoms with van der Waals surface area (Å²) in [6.07, 6.45) is 4.33. The summed E-state index contributed by atoms with van der Waals surface area (Å²) in [5.74, 6) is -1.82. The van der Waals surface area contributed by atoms with Crippen LogP contribution >= 0.6 is 0 Å². The zero-order chi connectivity index (χ0) is 22.8. The first-order valence-electron chi connectivity index (χ1n) is 9.53. The van der Waals surface area contributed by atoms with Crippen molar-refractivity contribution in [3.05, 3.63) is 36.7 Å². The summed E-state index contributed by atoms with van der Waals surface area (Å²) in [4.78, 5) is 42.2. The van der Waals surface area contributed by atoms with Gasteiger partial charge in [-0.15, -0.1) is 0 Å². The van der Waals surface area contributed by atoms with E-state index in [0.29, 0.717) is 0 Å². The molecular weight excluding hydrogens is 428 g/mol. The molecule has 3 atom stereocenters. The molecule has 12 nitrogen and oxygen atoms in total. The Morgan fingerprint density at radius 1 is 1.35 bits per heavy atom. The van der Waals surface area contributed by atoms with Crippen LogP contribution in [-0.4, -0.2) is 65.3 Å². The van der Waals surface area contributed by atoms with Crippen molar-refractivity contribution in [2.24, 2.45) is 12.8 Å². The van der Waals surface area contributed by atoms with Crippen LogP contribution in [0.2, 0.25) is 0 Å². The predicted molar refractivity (Wildman–Crippen MR) is 107 cm³/mol. The number of amides is 3. The second-order valence-electron chi connectivity index (χ2n) is 7.34. The molecule has 1 aliphatic rings. The van der Waals surface area contributed by atoms with Gasteiger partial charge in [-0.3, -0.25) is 14.4 Å². The topological polar surface area (TPSA) is 170 Å². The van der Waals surface area contributed by atoms with E-state index in [1.165, 1.54) is 41.2 Å². The lowest BCUT2D eigenvalue weighted by Crippen LogP contribution is -2.59. The van der Waals surface area contributed by atoms with Gasteiger partial charge < -0.3 is 24.9 Å². The number of nitrogens with zero attached hydrogens (tertiary/aromatic N) is 3. The molecule has 3 heterocycles. The zero-order valence-electron chi connectivity index (χ0n) is 17.0. The van der Waals surface area contributed by atoms with Crippen molar-refractivity contribution < 1.29 is 27.2 Å². The van der Waals surface area contributed by atoms with Gasteiger partial charge in [0.05, 0.1) is 12.6 Å². The van der Waals surface area contributed by atoms with Crippen molar-refractivity contribution in [1.29, 1.82) is 0 Å². The second kappa shape index (κ2) is 8.89. The average molecular weight is 452 g/mol. The lowest BCUT2D eigenvalue weighted by molar-refractivity contribution is -0.131. The molecule has 0 aliphatic carbocycles. The zero-order valence-corrected chi connectivity index (χ0v) is 17.8. The fourth-order valence-electron chi connectivity index (χ4n) is 3.29. The largest absolute Gasteiger partial charge is 0.459 e. The maximum atomic E-state index is 12.8. The molecule has 3 rings (SSSR count). The summed E-state index contributed by atoms with van der Waals surface area (Å²) >= 11 is 0. The van der Waals surface area contributed by atoms with Gasteiger partial charge in [-0.1, -0.05) is 0 Å². The highest BCUT2D eigenvalue weighted by Gasteiger charge is 2.39. The summed E-state index contributed by atoms with van der Waals surface area (Å²) in [7, 11) is -2.27. The van der Waals surface area contributed by atoms with Crippen molar-refractivity contribution in [2.75, 3.05) is 6.54 Å². The fourth-order valence-corrected chi connectivity index (χ4v) is 4.56. The van der Waals surface area contributed by atoms with Crippen LogP contribution in [0.5, 0.6) is 0 Å². The number of aryl methyl sites for hydroxylation is 1. The predicted octanol–water partition coefficient (Wildman–Crippen LogP) is -1.05. The maximum absolute atomic E-state index is 12.8. The molecule has 0 spiro atoms. The third-order valence-corrected chi connectivity index (χ3v) is 6.37. The molecule has 0 saturated carbocycles. The number of imidazole rings is 1. The van der Waals surface area contributed by atoms with Crippen LogP contribution in [-0.2, 0) is 26.7 Å². The van der Waals surface area contributed by atoms with Gasteiger partial charge in [-0.25, -0.2) is 18.1 Å². The van der Waals surface area contributed by atoms with Gasteiger partial charge in [0.15, 0.2) is 10.8 Å². The Labute approximate surface area is 178 Å². The number of hydrogen-bond donors (Lipinski definition) is 3. The van der Waals surface area contributed by atoms with E-state index in [2.05, 4.69) is 15.0 Å². The normalized spacial score (nSPS) is 20.3. The Balaban J connectivity index is 1.80.